The molecule has 1 heterocycles. The zero-order valence-electron chi connectivity index (χ0n) is 15.2. The summed E-state index contributed by atoms with van der Waals surface area (Å²) in [5, 5.41) is 2.72. The van der Waals surface area contributed by atoms with E-state index in [2.05, 4.69) is 10.3 Å². The van der Waals surface area contributed by atoms with Crippen LogP contribution in [-0.4, -0.2) is 28.4 Å². The first kappa shape index (κ1) is 18.6. The van der Waals surface area contributed by atoms with Crippen molar-refractivity contribution in [1.29, 1.82) is 0 Å². The number of H-pyrrole nitrogens is 1. The van der Waals surface area contributed by atoms with Gasteiger partial charge in [0.05, 0.1) is 23.7 Å². The molecular formula is C20H19N3O3S. The number of nitrogens with one attached hydrogen (secondary N) is 2. The normalized spacial score (nSPS) is 11.4. The molecule has 0 saturated carbocycles. The van der Waals surface area contributed by atoms with Crippen LogP contribution in [-0.2, 0) is 9.59 Å². The lowest BCUT2D eigenvalue weighted by molar-refractivity contribution is -0.118. The standard InChI is InChI=1S/C20H19N3O3S/c1-12-4-9-18-17(10-12)22-20(27)23(18)11-16(13(2)24)19(25)21-14-5-7-15(26-3)8-6-14/h4-11H,1-3H3,(H,21,25)(H,22,27). The summed E-state index contributed by atoms with van der Waals surface area (Å²) in [6.45, 7) is 3.33. The topological polar surface area (TPSA) is 76.1 Å². The number of aryl methyl sites for hydroxylation is 1. The molecule has 3 aromatic rings. The number of hydrogen-bond acceptors (Lipinski definition) is 4. The van der Waals surface area contributed by atoms with Crippen LogP contribution in [0.15, 0.2) is 48.0 Å². The van der Waals surface area contributed by atoms with Crippen LogP contribution in [0.5, 0.6) is 5.75 Å². The zero-order chi connectivity index (χ0) is 19.6. The number of ketones is 1. The number of Topliss-reactive ketones (excluding diaryl/α,β-unsaturated/α-hetero) is 1. The van der Waals surface area contributed by atoms with E-state index in [1.54, 1.807) is 35.9 Å². The van der Waals surface area contributed by atoms with E-state index in [0.29, 0.717) is 16.2 Å². The lowest BCUT2D eigenvalue weighted by atomic mass is 10.1. The minimum atomic E-state index is -0.504. The first-order valence-corrected chi connectivity index (χ1v) is 8.69. The van der Waals surface area contributed by atoms with Crippen LogP contribution in [0.1, 0.15) is 12.5 Å². The highest BCUT2D eigenvalue weighted by molar-refractivity contribution is 7.71. The van der Waals surface area contributed by atoms with Crippen LogP contribution < -0.4 is 10.1 Å². The number of imidazole rings is 1. The van der Waals surface area contributed by atoms with Crippen molar-refractivity contribution in [2.45, 2.75) is 13.8 Å². The molecule has 2 N–H and O–H groups in total. The maximum Gasteiger partial charge on any atom is 0.260 e. The SMILES string of the molecule is COc1ccc(NC(=O)C(=Cn2c(=S)[nH]c3cc(C)ccc32)C(C)=O)cc1. The number of methoxy groups -OCH3 is 1. The van der Waals surface area contributed by atoms with Crippen molar-refractivity contribution in [1.82, 2.24) is 9.55 Å². The van der Waals surface area contributed by atoms with Gasteiger partial charge in [0.15, 0.2) is 10.6 Å². The van der Waals surface area contributed by atoms with E-state index in [9.17, 15) is 9.59 Å². The minimum Gasteiger partial charge on any atom is -0.497 e. The van der Waals surface area contributed by atoms with Crippen molar-refractivity contribution in [3.05, 3.63) is 58.4 Å². The smallest absolute Gasteiger partial charge is 0.260 e. The monoisotopic (exact) mass is 381 g/mol. The third-order valence-corrected chi connectivity index (χ3v) is 4.40. The van der Waals surface area contributed by atoms with Gasteiger partial charge < -0.3 is 15.0 Å². The average Bonchev–Trinajstić information content (AvgIpc) is 2.94. The van der Waals surface area contributed by atoms with Crippen LogP contribution in [0.3, 0.4) is 0 Å². The third kappa shape index (κ3) is 3.98. The highest BCUT2D eigenvalue weighted by Gasteiger charge is 2.16. The Morgan fingerprint density at radius 1 is 1.19 bits per heavy atom. The molecular weight excluding hydrogens is 362 g/mol. The van der Waals surface area contributed by atoms with Gasteiger partial charge in [-0.3, -0.25) is 14.2 Å². The van der Waals surface area contributed by atoms with E-state index in [-0.39, 0.29) is 11.4 Å². The van der Waals surface area contributed by atoms with Gasteiger partial charge in [-0.2, -0.15) is 0 Å². The lowest BCUT2D eigenvalue weighted by Gasteiger charge is -2.08. The number of carbonyl (C=O) groups excluding carboxylic acids is 2. The fourth-order valence-electron chi connectivity index (χ4n) is 2.68. The minimum absolute atomic E-state index is 0.00314. The number of benzene rings is 2. The number of nitrogens with zero attached hydrogens (tertiary/aromatic N) is 1. The second kappa shape index (κ2) is 7.59. The molecule has 138 valence electrons. The molecule has 3 rings (SSSR count). The predicted octanol–water partition coefficient (Wildman–Crippen LogP) is 4.08. The van der Waals surface area contributed by atoms with Crippen molar-refractivity contribution in [2.75, 3.05) is 12.4 Å². The number of fused-ring (bicyclic) bond motifs is 1. The zero-order valence-corrected chi connectivity index (χ0v) is 16.0. The van der Waals surface area contributed by atoms with Crippen LogP contribution in [0.4, 0.5) is 5.69 Å². The highest BCUT2D eigenvalue weighted by atomic mass is 32.1. The number of anilines is 1. The Kier molecular flexibility index (Phi) is 5.23. The van der Waals surface area contributed by atoms with Crippen LogP contribution in [0, 0.1) is 11.7 Å². The number of aromatic amines is 1. The molecule has 0 atom stereocenters. The van der Waals surface area contributed by atoms with E-state index < -0.39 is 5.91 Å². The van der Waals surface area contributed by atoms with Gasteiger partial charge in [-0.1, -0.05) is 6.07 Å². The quantitative estimate of drug-likeness (QED) is 0.302. The summed E-state index contributed by atoms with van der Waals surface area (Å²) >= 11 is 5.35. The molecule has 0 aliphatic carbocycles. The van der Waals surface area contributed by atoms with Crippen LogP contribution >= 0.6 is 12.2 Å². The van der Waals surface area contributed by atoms with E-state index in [4.69, 9.17) is 17.0 Å². The molecule has 1 amide bonds. The molecule has 0 saturated heterocycles. The molecule has 0 bridgehead atoms. The summed E-state index contributed by atoms with van der Waals surface area (Å²) < 4.78 is 7.14. The number of carbonyl (C=O) groups is 2. The summed E-state index contributed by atoms with van der Waals surface area (Å²) in [6.07, 6.45) is 1.47. The first-order chi connectivity index (χ1) is 12.9. The summed E-state index contributed by atoms with van der Waals surface area (Å²) in [5.41, 5.74) is 3.28. The highest BCUT2D eigenvalue weighted by Crippen LogP contribution is 2.19. The molecule has 27 heavy (non-hydrogen) atoms. The summed E-state index contributed by atoms with van der Waals surface area (Å²) in [5.74, 6) is -0.184. The van der Waals surface area contributed by atoms with Crippen molar-refractivity contribution in [3.8, 4) is 5.75 Å². The molecule has 2 aromatic carbocycles. The Bertz CT molecular complexity index is 1110. The molecule has 0 aliphatic rings. The Morgan fingerprint density at radius 3 is 2.52 bits per heavy atom. The maximum atomic E-state index is 12.6. The molecule has 6 nitrogen and oxygen atoms in total. The van der Waals surface area contributed by atoms with Crippen molar-refractivity contribution < 1.29 is 14.3 Å². The molecule has 0 fully saturated rings. The molecule has 0 aliphatic heterocycles. The lowest BCUT2D eigenvalue weighted by Crippen LogP contribution is -2.19. The van der Waals surface area contributed by atoms with Gasteiger partial charge in [-0.25, -0.2) is 0 Å². The fourth-order valence-corrected chi connectivity index (χ4v) is 2.95. The summed E-state index contributed by atoms with van der Waals surface area (Å²) in [6, 6.07) is 12.7. The molecule has 0 unspecified atom stereocenters. The van der Waals surface area contributed by atoms with Gasteiger partial charge in [0.2, 0.25) is 0 Å². The number of hydrogen-bond donors (Lipinski definition) is 2. The van der Waals surface area contributed by atoms with Crippen LogP contribution in [0.2, 0.25) is 0 Å². The third-order valence-electron chi connectivity index (χ3n) is 4.10. The van der Waals surface area contributed by atoms with Gasteiger partial charge in [0.1, 0.15) is 5.75 Å². The van der Waals surface area contributed by atoms with E-state index in [0.717, 1.165) is 16.6 Å². The second-order valence-electron chi connectivity index (χ2n) is 6.10. The average molecular weight is 381 g/mol. The Morgan fingerprint density at radius 2 is 1.89 bits per heavy atom. The van der Waals surface area contributed by atoms with Gasteiger partial charge in [0.25, 0.3) is 5.91 Å². The molecule has 0 radical (unpaired) electrons. The Balaban J connectivity index is 1.97. The van der Waals surface area contributed by atoms with Gasteiger partial charge in [0, 0.05) is 11.9 Å². The van der Waals surface area contributed by atoms with Gasteiger partial charge >= 0.3 is 0 Å². The van der Waals surface area contributed by atoms with Gasteiger partial charge in [-0.15, -0.1) is 0 Å². The molecule has 1 aromatic heterocycles. The van der Waals surface area contributed by atoms with E-state index in [1.165, 1.54) is 13.1 Å². The maximum absolute atomic E-state index is 12.6. The summed E-state index contributed by atoms with van der Waals surface area (Å²) in [7, 11) is 1.57. The number of amides is 1. The second-order valence-corrected chi connectivity index (χ2v) is 6.49. The van der Waals surface area contributed by atoms with Crippen molar-refractivity contribution >= 4 is 46.8 Å². The van der Waals surface area contributed by atoms with E-state index >= 15 is 0 Å². The Hall–Kier alpha value is -3.19. The van der Waals surface area contributed by atoms with Crippen LogP contribution in [0.25, 0.3) is 17.2 Å². The Labute approximate surface area is 161 Å². The van der Waals surface area contributed by atoms with Gasteiger partial charge in [-0.05, 0) is 68.0 Å². The first-order valence-electron chi connectivity index (χ1n) is 8.28. The number of aromatic nitrogens is 2. The number of ether oxygens (including phenoxy) is 1. The molecule has 7 heteroatoms. The fraction of sp³-hybridized carbons (Fsp3) is 0.150. The van der Waals surface area contributed by atoms with E-state index in [1.807, 2.05) is 25.1 Å². The summed E-state index contributed by atoms with van der Waals surface area (Å²) in [4.78, 5) is 27.8. The van der Waals surface area contributed by atoms with Crippen molar-refractivity contribution in [3.63, 3.8) is 0 Å². The molecule has 0 spiro atoms. The predicted molar refractivity (Wildman–Crippen MR) is 108 cm³/mol. The number of rotatable bonds is 5. The largest absolute Gasteiger partial charge is 0.497 e. The van der Waals surface area contributed by atoms with Crippen molar-refractivity contribution in [2.24, 2.45) is 0 Å².